The van der Waals surface area contributed by atoms with Crippen LogP contribution >= 0.6 is 0 Å². The van der Waals surface area contributed by atoms with Gasteiger partial charge in [0.05, 0.1) is 0 Å². The van der Waals surface area contributed by atoms with Gasteiger partial charge in [0.15, 0.2) is 0 Å². The lowest BCUT2D eigenvalue weighted by Gasteiger charge is -2.40. The van der Waals surface area contributed by atoms with Gasteiger partial charge in [-0.25, -0.2) is 14.4 Å². The normalized spacial score (nSPS) is 24.6. The third kappa shape index (κ3) is 3.13. The summed E-state index contributed by atoms with van der Waals surface area (Å²) in [5, 5.41) is 0. The number of rotatable bonds is 3. The molecule has 2 aliphatic rings. The van der Waals surface area contributed by atoms with Crippen LogP contribution in [0.1, 0.15) is 24.8 Å². The van der Waals surface area contributed by atoms with E-state index in [1.54, 1.807) is 24.5 Å². The largest absolute Gasteiger partial charge is 0.340 e. The first-order chi connectivity index (χ1) is 11.7. The quantitative estimate of drug-likeness (QED) is 0.867. The van der Waals surface area contributed by atoms with E-state index in [4.69, 9.17) is 0 Å². The number of benzene rings is 1. The van der Waals surface area contributed by atoms with Gasteiger partial charge in [-0.05, 0) is 37.9 Å². The second-order valence-corrected chi connectivity index (χ2v) is 7.13. The highest BCUT2D eigenvalue weighted by Crippen LogP contribution is 2.40. The lowest BCUT2D eigenvalue weighted by Crippen LogP contribution is -2.44. The molecule has 5 heteroatoms. The van der Waals surface area contributed by atoms with Crippen molar-refractivity contribution in [3.05, 3.63) is 54.1 Å². The van der Waals surface area contributed by atoms with E-state index in [9.17, 15) is 4.39 Å². The van der Waals surface area contributed by atoms with Gasteiger partial charge in [0.2, 0.25) is 5.95 Å². The van der Waals surface area contributed by atoms with Crippen LogP contribution in [0, 0.1) is 11.2 Å². The van der Waals surface area contributed by atoms with Crippen molar-refractivity contribution in [1.29, 1.82) is 0 Å². The lowest BCUT2D eigenvalue weighted by atomic mass is 9.79. The molecule has 1 aromatic carbocycles. The smallest absolute Gasteiger partial charge is 0.225 e. The molecule has 4 rings (SSSR count). The maximum Gasteiger partial charge on any atom is 0.225 e. The van der Waals surface area contributed by atoms with E-state index in [2.05, 4.69) is 19.8 Å². The number of nitrogens with zero attached hydrogens (tertiary/aromatic N) is 4. The van der Waals surface area contributed by atoms with Crippen LogP contribution in [-0.2, 0) is 6.54 Å². The van der Waals surface area contributed by atoms with E-state index in [1.165, 1.54) is 19.3 Å². The Morgan fingerprint density at radius 2 is 1.83 bits per heavy atom. The lowest BCUT2D eigenvalue weighted by molar-refractivity contribution is 0.0981. The minimum Gasteiger partial charge on any atom is -0.340 e. The summed E-state index contributed by atoms with van der Waals surface area (Å²) in [6, 6.07) is 8.98. The van der Waals surface area contributed by atoms with Crippen molar-refractivity contribution in [3.63, 3.8) is 0 Å². The Bertz CT molecular complexity index is 693. The molecule has 24 heavy (non-hydrogen) atoms. The highest BCUT2D eigenvalue weighted by Gasteiger charge is 2.42. The van der Waals surface area contributed by atoms with Crippen LogP contribution in [-0.4, -0.2) is 41.0 Å². The Kier molecular flexibility index (Phi) is 4.19. The molecule has 2 fully saturated rings. The Morgan fingerprint density at radius 3 is 2.67 bits per heavy atom. The first-order valence-electron chi connectivity index (χ1n) is 8.72. The van der Waals surface area contributed by atoms with E-state index >= 15 is 0 Å². The molecule has 4 nitrogen and oxygen atoms in total. The predicted octanol–water partition coefficient (Wildman–Crippen LogP) is 3.11. The van der Waals surface area contributed by atoms with Gasteiger partial charge in [-0.1, -0.05) is 18.2 Å². The van der Waals surface area contributed by atoms with Crippen LogP contribution in [0.2, 0.25) is 0 Å². The summed E-state index contributed by atoms with van der Waals surface area (Å²) in [6.07, 6.45) is 7.19. The van der Waals surface area contributed by atoms with Gasteiger partial charge in [-0.15, -0.1) is 0 Å². The summed E-state index contributed by atoms with van der Waals surface area (Å²) >= 11 is 0. The number of likely N-dealkylation sites (tertiary alicyclic amines) is 1. The van der Waals surface area contributed by atoms with Gasteiger partial charge < -0.3 is 4.90 Å². The van der Waals surface area contributed by atoms with Gasteiger partial charge in [-0.3, -0.25) is 4.90 Å². The summed E-state index contributed by atoms with van der Waals surface area (Å²) in [6.45, 7) is 4.81. The monoisotopic (exact) mass is 326 g/mol. The average Bonchev–Trinajstić information content (AvgIpc) is 3.01. The maximum absolute atomic E-state index is 13.9. The van der Waals surface area contributed by atoms with E-state index < -0.39 is 0 Å². The SMILES string of the molecule is Fc1ccccc1CN1CCC[C@]2(CCN(c3ncccn3)C2)C1. The van der Waals surface area contributed by atoms with Crippen molar-refractivity contribution in [2.75, 3.05) is 31.1 Å². The van der Waals surface area contributed by atoms with Gasteiger partial charge in [0.25, 0.3) is 0 Å². The molecule has 2 saturated heterocycles. The van der Waals surface area contributed by atoms with E-state index in [0.717, 1.165) is 37.7 Å². The van der Waals surface area contributed by atoms with Crippen LogP contribution in [0.3, 0.4) is 0 Å². The van der Waals surface area contributed by atoms with E-state index in [1.807, 2.05) is 18.2 Å². The van der Waals surface area contributed by atoms with E-state index in [-0.39, 0.29) is 5.82 Å². The molecule has 0 N–H and O–H groups in total. The first-order valence-corrected chi connectivity index (χ1v) is 8.72. The van der Waals surface area contributed by atoms with Crippen molar-refractivity contribution in [3.8, 4) is 0 Å². The number of aromatic nitrogens is 2. The van der Waals surface area contributed by atoms with Gasteiger partial charge in [0, 0.05) is 49.6 Å². The molecular weight excluding hydrogens is 303 g/mol. The molecule has 1 atom stereocenters. The third-order valence-electron chi connectivity index (χ3n) is 5.37. The van der Waals surface area contributed by atoms with Crippen molar-refractivity contribution in [2.24, 2.45) is 5.41 Å². The Balaban J connectivity index is 1.44. The average molecular weight is 326 g/mol. The van der Waals surface area contributed by atoms with Gasteiger partial charge >= 0.3 is 0 Å². The molecule has 0 bridgehead atoms. The Morgan fingerprint density at radius 1 is 1.00 bits per heavy atom. The molecule has 2 aliphatic heterocycles. The summed E-state index contributed by atoms with van der Waals surface area (Å²) in [7, 11) is 0. The molecule has 3 heterocycles. The number of hydrogen-bond acceptors (Lipinski definition) is 4. The minimum absolute atomic E-state index is 0.0946. The number of anilines is 1. The zero-order chi connectivity index (χ0) is 16.4. The van der Waals surface area contributed by atoms with Crippen molar-refractivity contribution >= 4 is 5.95 Å². The molecule has 0 amide bonds. The molecule has 1 aromatic heterocycles. The highest BCUT2D eigenvalue weighted by atomic mass is 19.1. The van der Waals surface area contributed by atoms with Crippen LogP contribution in [0.25, 0.3) is 0 Å². The summed E-state index contributed by atoms with van der Waals surface area (Å²) in [5.74, 6) is 0.739. The van der Waals surface area contributed by atoms with Crippen molar-refractivity contribution in [2.45, 2.75) is 25.8 Å². The van der Waals surface area contributed by atoms with Crippen LogP contribution < -0.4 is 4.90 Å². The van der Waals surface area contributed by atoms with Gasteiger partial charge in [0.1, 0.15) is 5.82 Å². The Labute approximate surface area is 142 Å². The highest BCUT2D eigenvalue weighted by molar-refractivity contribution is 5.32. The van der Waals surface area contributed by atoms with Gasteiger partial charge in [-0.2, -0.15) is 0 Å². The zero-order valence-electron chi connectivity index (χ0n) is 13.9. The fraction of sp³-hybridized carbons (Fsp3) is 0.474. The van der Waals surface area contributed by atoms with Crippen molar-refractivity contribution < 1.29 is 4.39 Å². The number of halogens is 1. The summed E-state index contributed by atoms with van der Waals surface area (Å²) < 4.78 is 13.9. The third-order valence-corrected chi connectivity index (χ3v) is 5.37. The Hall–Kier alpha value is -2.01. The molecule has 1 spiro atoms. The van der Waals surface area contributed by atoms with Crippen molar-refractivity contribution in [1.82, 2.24) is 14.9 Å². The first kappa shape index (κ1) is 15.5. The second kappa shape index (κ2) is 6.48. The molecule has 0 saturated carbocycles. The van der Waals surface area contributed by atoms with Crippen LogP contribution in [0.5, 0.6) is 0 Å². The van der Waals surface area contributed by atoms with Crippen LogP contribution in [0.4, 0.5) is 10.3 Å². The molecule has 0 aliphatic carbocycles. The van der Waals surface area contributed by atoms with Crippen LogP contribution in [0.15, 0.2) is 42.7 Å². The summed E-state index contributed by atoms with van der Waals surface area (Å²) in [4.78, 5) is 13.5. The number of piperidine rings is 1. The predicted molar refractivity (Wildman–Crippen MR) is 92.2 cm³/mol. The maximum atomic E-state index is 13.9. The standard InChI is InChI=1S/C19H23FN4/c20-17-6-2-1-5-16(17)13-23-11-3-7-19(14-23)8-12-24(15-19)18-21-9-4-10-22-18/h1-2,4-6,9-10H,3,7-8,11-15H2/t19-/m0/s1. The molecule has 0 radical (unpaired) electrons. The molecule has 2 aromatic rings. The number of hydrogen-bond donors (Lipinski definition) is 0. The molecule has 126 valence electrons. The summed E-state index contributed by atoms with van der Waals surface area (Å²) in [5.41, 5.74) is 1.10. The second-order valence-electron chi connectivity index (χ2n) is 7.13. The topological polar surface area (TPSA) is 32.3 Å². The molecule has 0 unspecified atom stereocenters. The fourth-order valence-corrected chi connectivity index (χ4v) is 4.21. The fourth-order valence-electron chi connectivity index (χ4n) is 4.21. The minimum atomic E-state index is -0.0946. The molecular formula is C19H23FN4. The zero-order valence-corrected chi connectivity index (χ0v) is 13.9. The van der Waals surface area contributed by atoms with E-state index in [0.29, 0.717) is 12.0 Å².